The van der Waals surface area contributed by atoms with Gasteiger partial charge in [0.05, 0.1) is 11.5 Å². The molecule has 0 saturated heterocycles. The topological polar surface area (TPSA) is 166 Å². The molecule has 0 amide bonds. The Kier molecular flexibility index (Phi) is 8.91. The summed E-state index contributed by atoms with van der Waals surface area (Å²) in [7, 11) is -4.03. The van der Waals surface area contributed by atoms with Crippen molar-refractivity contribution >= 4 is 33.6 Å². The van der Waals surface area contributed by atoms with Gasteiger partial charge < -0.3 is 26.1 Å². The first kappa shape index (κ1) is 24.3. The number of rotatable bonds is 12. The van der Waals surface area contributed by atoms with Gasteiger partial charge >= 0.3 is 5.97 Å². The summed E-state index contributed by atoms with van der Waals surface area (Å²) >= 11 is 5.76. The molecule has 2 aromatic rings. The number of guanidine groups is 1. The fourth-order valence-corrected chi connectivity index (χ4v) is 3.75. The first-order chi connectivity index (χ1) is 14.7. The molecule has 0 spiro atoms. The van der Waals surface area contributed by atoms with Gasteiger partial charge in [0.2, 0.25) is 16.0 Å². The summed E-state index contributed by atoms with van der Waals surface area (Å²) in [6.45, 7) is 0.641. The highest BCUT2D eigenvalue weighted by Gasteiger charge is 2.25. The lowest BCUT2D eigenvalue weighted by Gasteiger charge is -2.15. The molecule has 168 valence electrons. The maximum Gasteiger partial charge on any atom is 0.322 e. The van der Waals surface area contributed by atoms with E-state index in [0.717, 1.165) is 0 Å². The number of aliphatic carboxylic acids is 1. The van der Waals surface area contributed by atoms with Crippen LogP contribution < -0.4 is 20.9 Å². The second-order valence-electron chi connectivity index (χ2n) is 6.37. The molecule has 2 aromatic carbocycles. The number of carbonyl (C=O) groups is 1. The van der Waals surface area contributed by atoms with Crippen LogP contribution in [0.25, 0.3) is 0 Å². The number of oxime groups is 1. The molecule has 0 saturated carbocycles. The summed E-state index contributed by atoms with van der Waals surface area (Å²) in [6, 6.07) is 10.7. The molecule has 0 aromatic heterocycles. The van der Waals surface area contributed by atoms with Gasteiger partial charge in [0.1, 0.15) is 18.4 Å². The number of nitrogens with one attached hydrogen (secondary N) is 1. The van der Waals surface area contributed by atoms with Crippen LogP contribution in [0.2, 0.25) is 5.02 Å². The molecule has 0 aliphatic rings. The first-order valence-electron chi connectivity index (χ1n) is 9.11. The molecule has 1 atom stereocenters. The summed E-state index contributed by atoms with van der Waals surface area (Å²) in [5.74, 6) is -0.885. The van der Waals surface area contributed by atoms with Gasteiger partial charge in [-0.25, -0.2) is 8.42 Å². The van der Waals surface area contributed by atoms with Crippen LogP contribution in [-0.4, -0.2) is 44.7 Å². The van der Waals surface area contributed by atoms with E-state index in [1.807, 2.05) is 0 Å². The standard InChI is InChI=1S/C19H23ClN4O6S/c20-14-4-8-16(9-5-14)31(27,28)24-17(18(25)26)12-13-2-6-15(7-3-13)29-10-1-11-30-23-19(21)22/h2-9,17,24H,1,10-12H2,(H,25,26)(H4,21,22,23). The van der Waals surface area contributed by atoms with Gasteiger partial charge in [-0.1, -0.05) is 23.7 Å². The van der Waals surface area contributed by atoms with Crippen LogP contribution in [0.15, 0.2) is 58.6 Å². The molecule has 0 radical (unpaired) electrons. The molecular weight excluding hydrogens is 448 g/mol. The quantitative estimate of drug-likeness (QED) is 0.156. The number of ether oxygens (including phenoxy) is 1. The second-order valence-corrected chi connectivity index (χ2v) is 8.52. The van der Waals surface area contributed by atoms with Crippen LogP contribution in [0.5, 0.6) is 5.75 Å². The van der Waals surface area contributed by atoms with Crippen molar-refractivity contribution < 1.29 is 27.9 Å². The summed E-state index contributed by atoms with van der Waals surface area (Å²) in [5, 5.41) is 13.2. The Morgan fingerprint density at radius 2 is 1.74 bits per heavy atom. The smallest absolute Gasteiger partial charge is 0.322 e. The summed E-state index contributed by atoms with van der Waals surface area (Å²) in [6.07, 6.45) is 0.501. The largest absolute Gasteiger partial charge is 0.493 e. The van der Waals surface area contributed by atoms with Gasteiger partial charge in [0, 0.05) is 11.4 Å². The third-order valence-electron chi connectivity index (χ3n) is 3.90. The number of nitrogens with two attached hydrogens (primary N) is 2. The van der Waals surface area contributed by atoms with Gasteiger partial charge in [-0.2, -0.15) is 4.72 Å². The fourth-order valence-electron chi connectivity index (χ4n) is 2.44. The average Bonchev–Trinajstić information content (AvgIpc) is 2.71. The molecule has 31 heavy (non-hydrogen) atoms. The Bertz CT molecular complexity index is 993. The van der Waals surface area contributed by atoms with Crippen molar-refractivity contribution in [1.82, 2.24) is 4.72 Å². The molecule has 12 heteroatoms. The number of benzene rings is 2. The van der Waals surface area contributed by atoms with Crippen LogP contribution in [0.1, 0.15) is 12.0 Å². The van der Waals surface area contributed by atoms with E-state index >= 15 is 0 Å². The summed E-state index contributed by atoms with van der Waals surface area (Å²) < 4.78 is 32.7. The number of hydrogen-bond donors (Lipinski definition) is 4. The highest BCUT2D eigenvalue weighted by atomic mass is 35.5. The third-order valence-corrected chi connectivity index (χ3v) is 5.64. The number of halogens is 1. The molecular formula is C19H23ClN4O6S. The zero-order valence-electron chi connectivity index (χ0n) is 16.4. The van der Waals surface area contributed by atoms with E-state index in [4.69, 9.17) is 32.6 Å². The number of carboxylic acid groups (broad SMARTS) is 1. The molecule has 2 rings (SSSR count). The highest BCUT2D eigenvalue weighted by Crippen LogP contribution is 2.17. The Hall–Kier alpha value is -3.02. The molecule has 0 fully saturated rings. The van der Waals surface area contributed by atoms with E-state index in [-0.39, 0.29) is 23.9 Å². The maximum absolute atomic E-state index is 12.5. The van der Waals surface area contributed by atoms with Crippen molar-refractivity contribution in [3.63, 3.8) is 0 Å². The molecule has 6 N–H and O–H groups in total. The van der Waals surface area contributed by atoms with Crippen LogP contribution in [0.3, 0.4) is 0 Å². The molecule has 0 aliphatic heterocycles. The average molecular weight is 471 g/mol. The van der Waals surface area contributed by atoms with Gasteiger partial charge in [-0.3, -0.25) is 4.79 Å². The van der Waals surface area contributed by atoms with Gasteiger partial charge in [-0.05, 0) is 53.5 Å². The SMILES string of the molecule is NC(N)=NOCCCOc1ccc(CC(NS(=O)(=O)c2ccc(Cl)cc2)C(=O)O)cc1. The number of nitrogens with zero attached hydrogens (tertiary/aromatic N) is 1. The predicted octanol–water partition coefficient (Wildman–Crippen LogP) is 1.29. The molecule has 0 bridgehead atoms. The number of sulfonamides is 1. The fraction of sp³-hybridized carbons (Fsp3) is 0.263. The van der Waals surface area contributed by atoms with E-state index < -0.39 is 22.0 Å². The lowest BCUT2D eigenvalue weighted by molar-refractivity contribution is -0.138. The first-order valence-corrected chi connectivity index (χ1v) is 11.0. The van der Waals surface area contributed by atoms with E-state index in [0.29, 0.717) is 29.4 Å². The van der Waals surface area contributed by atoms with Gasteiger partial charge in [0.25, 0.3) is 0 Å². The van der Waals surface area contributed by atoms with Crippen molar-refractivity contribution in [2.75, 3.05) is 13.2 Å². The highest BCUT2D eigenvalue weighted by molar-refractivity contribution is 7.89. The van der Waals surface area contributed by atoms with Crippen molar-refractivity contribution in [3.8, 4) is 5.75 Å². The van der Waals surface area contributed by atoms with Crippen molar-refractivity contribution in [2.24, 2.45) is 16.6 Å². The molecule has 0 heterocycles. The van der Waals surface area contributed by atoms with Crippen LogP contribution >= 0.6 is 11.6 Å². The Labute approximate surface area is 184 Å². The molecule has 0 aliphatic carbocycles. The van der Waals surface area contributed by atoms with Crippen molar-refractivity contribution in [3.05, 3.63) is 59.1 Å². The molecule has 1 unspecified atom stereocenters. The maximum atomic E-state index is 12.5. The van der Waals surface area contributed by atoms with E-state index in [1.165, 1.54) is 24.3 Å². The minimum Gasteiger partial charge on any atom is -0.493 e. The lowest BCUT2D eigenvalue weighted by Crippen LogP contribution is -2.42. The monoisotopic (exact) mass is 470 g/mol. The van der Waals surface area contributed by atoms with Crippen molar-refractivity contribution in [1.29, 1.82) is 0 Å². The third kappa shape index (κ3) is 8.32. The normalized spacial score (nSPS) is 12.0. The van der Waals surface area contributed by atoms with Crippen LogP contribution in [0.4, 0.5) is 0 Å². The van der Waals surface area contributed by atoms with E-state index in [9.17, 15) is 18.3 Å². The van der Waals surface area contributed by atoms with Crippen molar-refractivity contribution in [2.45, 2.75) is 23.8 Å². The minimum absolute atomic E-state index is 0.0468. The number of carboxylic acids is 1. The Morgan fingerprint density at radius 3 is 2.32 bits per heavy atom. The van der Waals surface area contributed by atoms with E-state index in [2.05, 4.69) is 9.88 Å². The summed E-state index contributed by atoms with van der Waals surface area (Å²) in [4.78, 5) is 16.4. The zero-order chi connectivity index (χ0) is 22.9. The minimum atomic E-state index is -4.03. The summed E-state index contributed by atoms with van der Waals surface area (Å²) in [5.41, 5.74) is 10.9. The van der Waals surface area contributed by atoms with E-state index in [1.54, 1.807) is 24.3 Å². The second kappa shape index (κ2) is 11.4. The number of hydrogen-bond acceptors (Lipinski definition) is 6. The molecule has 10 nitrogen and oxygen atoms in total. The Balaban J connectivity index is 1.92. The predicted molar refractivity (Wildman–Crippen MR) is 115 cm³/mol. The van der Waals surface area contributed by atoms with Crippen LogP contribution in [-0.2, 0) is 26.1 Å². The Morgan fingerprint density at radius 1 is 1.10 bits per heavy atom. The van der Waals surface area contributed by atoms with Gasteiger partial charge in [-0.15, -0.1) is 0 Å². The zero-order valence-corrected chi connectivity index (χ0v) is 18.0. The lowest BCUT2D eigenvalue weighted by atomic mass is 10.1. The van der Waals surface area contributed by atoms with Crippen LogP contribution in [0, 0.1) is 0 Å². The van der Waals surface area contributed by atoms with Gasteiger partial charge in [0.15, 0.2) is 0 Å².